The van der Waals surface area contributed by atoms with E-state index in [2.05, 4.69) is 15.5 Å². The van der Waals surface area contributed by atoms with Crippen molar-refractivity contribution in [3.05, 3.63) is 35.8 Å². The largest absolute Gasteiger partial charge is 0.469 e. The van der Waals surface area contributed by atoms with Crippen molar-refractivity contribution in [3.63, 3.8) is 0 Å². The number of aromatic nitrogens is 3. The molecule has 0 atom stereocenters. The molecule has 0 fully saturated rings. The number of nitrogens with zero attached hydrogens (tertiary/aromatic N) is 4. The number of urea groups is 1. The predicted octanol–water partition coefficient (Wildman–Crippen LogP) is 1.66. The van der Waals surface area contributed by atoms with Crippen molar-refractivity contribution in [1.29, 1.82) is 0 Å². The fourth-order valence-electron chi connectivity index (χ4n) is 2.40. The number of hydrogen-bond donors (Lipinski definition) is 1. The van der Waals surface area contributed by atoms with Crippen LogP contribution < -0.4 is 5.32 Å². The van der Waals surface area contributed by atoms with Crippen molar-refractivity contribution in [2.75, 3.05) is 13.1 Å². The molecule has 0 aromatic carbocycles. The van der Waals surface area contributed by atoms with Gasteiger partial charge in [0, 0.05) is 26.1 Å². The summed E-state index contributed by atoms with van der Waals surface area (Å²) < 4.78 is 44.4. The van der Waals surface area contributed by atoms with Gasteiger partial charge in [0.25, 0.3) is 0 Å². The normalized spacial score (nSPS) is 14.7. The smallest absolute Gasteiger partial charge is 0.451 e. The summed E-state index contributed by atoms with van der Waals surface area (Å²) >= 11 is 0. The van der Waals surface area contributed by atoms with Crippen molar-refractivity contribution in [2.45, 2.75) is 25.7 Å². The van der Waals surface area contributed by atoms with Crippen molar-refractivity contribution in [1.82, 2.24) is 25.0 Å². The molecule has 1 N–H and O–H groups in total. The van der Waals surface area contributed by atoms with E-state index in [-0.39, 0.29) is 31.5 Å². The Balaban J connectivity index is 1.57. The van der Waals surface area contributed by atoms with E-state index in [1.54, 1.807) is 18.4 Å². The highest BCUT2D eigenvalue weighted by atomic mass is 19.4. The number of furan rings is 1. The Morgan fingerprint density at radius 3 is 2.87 bits per heavy atom. The molecule has 0 spiro atoms. The lowest BCUT2D eigenvalue weighted by Crippen LogP contribution is -2.45. The Hall–Kier alpha value is -2.52. The summed E-state index contributed by atoms with van der Waals surface area (Å²) in [6.07, 6.45) is -2.45. The number of amides is 2. The van der Waals surface area contributed by atoms with Gasteiger partial charge in [0.15, 0.2) is 5.82 Å². The fourth-order valence-corrected chi connectivity index (χ4v) is 2.40. The van der Waals surface area contributed by atoms with Gasteiger partial charge in [0.1, 0.15) is 5.76 Å². The van der Waals surface area contributed by atoms with Gasteiger partial charge in [-0.05, 0) is 12.1 Å². The molecule has 2 aromatic rings. The Kier molecular flexibility index (Phi) is 3.97. The second-order valence-corrected chi connectivity index (χ2v) is 5.07. The maximum Gasteiger partial charge on any atom is 0.451 e. The lowest BCUT2D eigenvalue weighted by Gasteiger charge is -2.28. The van der Waals surface area contributed by atoms with Crippen LogP contribution in [0.2, 0.25) is 0 Å². The average molecular weight is 329 g/mol. The second-order valence-electron chi connectivity index (χ2n) is 5.07. The summed E-state index contributed by atoms with van der Waals surface area (Å²) in [7, 11) is 0. The third-order valence-corrected chi connectivity index (χ3v) is 3.52. The molecule has 23 heavy (non-hydrogen) atoms. The third kappa shape index (κ3) is 3.30. The molecule has 3 rings (SSSR count). The molecule has 7 nitrogen and oxygen atoms in total. The van der Waals surface area contributed by atoms with E-state index in [0.29, 0.717) is 13.0 Å². The molecule has 0 saturated heterocycles. The van der Waals surface area contributed by atoms with Crippen LogP contribution >= 0.6 is 0 Å². The van der Waals surface area contributed by atoms with Crippen molar-refractivity contribution in [2.24, 2.45) is 0 Å². The first-order valence-corrected chi connectivity index (χ1v) is 6.99. The number of fused-ring (bicyclic) bond motifs is 1. The molecule has 1 aliphatic rings. The first kappa shape index (κ1) is 15.4. The molecule has 124 valence electrons. The van der Waals surface area contributed by atoms with Crippen LogP contribution in [0, 0.1) is 0 Å². The van der Waals surface area contributed by atoms with Gasteiger partial charge in [-0.15, -0.1) is 10.2 Å². The molecule has 0 radical (unpaired) electrons. The molecule has 3 heterocycles. The van der Waals surface area contributed by atoms with Crippen molar-refractivity contribution >= 4 is 6.03 Å². The Morgan fingerprint density at radius 2 is 2.17 bits per heavy atom. The van der Waals surface area contributed by atoms with Gasteiger partial charge in [0.05, 0.1) is 12.8 Å². The predicted molar refractivity (Wildman–Crippen MR) is 71.2 cm³/mol. The lowest BCUT2D eigenvalue weighted by molar-refractivity contribution is -0.147. The van der Waals surface area contributed by atoms with E-state index in [0.717, 1.165) is 10.3 Å². The first-order chi connectivity index (χ1) is 10.9. The van der Waals surface area contributed by atoms with Crippen molar-refractivity contribution in [3.8, 4) is 0 Å². The molecular weight excluding hydrogens is 315 g/mol. The van der Waals surface area contributed by atoms with Gasteiger partial charge < -0.3 is 19.2 Å². The van der Waals surface area contributed by atoms with Crippen molar-refractivity contribution < 1.29 is 22.4 Å². The number of carbonyl (C=O) groups is 1. The van der Waals surface area contributed by atoms with E-state index >= 15 is 0 Å². The third-order valence-electron chi connectivity index (χ3n) is 3.52. The minimum atomic E-state index is -4.54. The van der Waals surface area contributed by atoms with Gasteiger partial charge in [-0.2, -0.15) is 13.2 Å². The van der Waals surface area contributed by atoms with Crippen LogP contribution in [-0.4, -0.2) is 38.8 Å². The molecule has 0 bridgehead atoms. The Bertz CT molecular complexity index is 680. The summed E-state index contributed by atoms with van der Waals surface area (Å²) in [5.41, 5.74) is 0. The summed E-state index contributed by atoms with van der Waals surface area (Å²) in [4.78, 5) is 13.5. The number of rotatable bonds is 3. The van der Waals surface area contributed by atoms with Gasteiger partial charge >= 0.3 is 12.2 Å². The highest BCUT2D eigenvalue weighted by molar-refractivity contribution is 5.74. The van der Waals surface area contributed by atoms with Crippen LogP contribution in [0.25, 0.3) is 0 Å². The molecule has 10 heteroatoms. The maximum atomic E-state index is 12.7. The maximum absolute atomic E-state index is 12.7. The molecule has 0 aliphatic carbocycles. The van der Waals surface area contributed by atoms with Gasteiger partial charge in [0.2, 0.25) is 5.82 Å². The summed E-state index contributed by atoms with van der Waals surface area (Å²) in [5, 5.41) is 9.41. The minimum absolute atomic E-state index is 0.00430. The Labute approximate surface area is 129 Å². The van der Waals surface area contributed by atoms with Crippen LogP contribution in [-0.2, 0) is 25.7 Å². The molecule has 0 unspecified atom stereocenters. The van der Waals surface area contributed by atoms with E-state index in [1.807, 2.05) is 0 Å². The Morgan fingerprint density at radius 1 is 1.35 bits per heavy atom. The van der Waals surface area contributed by atoms with E-state index in [9.17, 15) is 18.0 Å². The topological polar surface area (TPSA) is 76.2 Å². The van der Waals surface area contributed by atoms with Crippen LogP contribution in [0.3, 0.4) is 0 Å². The summed E-state index contributed by atoms with van der Waals surface area (Å²) in [6.45, 7) is 0.558. The average Bonchev–Trinajstić information content (AvgIpc) is 3.14. The molecular formula is C13H14F3N5O2. The molecule has 2 aromatic heterocycles. The molecule has 1 aliphatic heterocycles. The zero-order chi connectivity index (χ0) is 16.4. The molecule has 2 amide bonds. The van der Waals surface area contributed by atoms with E-state index in [1.165, 1.54) is 4.90 Å². The summed E-state index contributed by atoms with van der Waals surface area (Å²) in [5.74, 6) is -0.145. The monoisotopic (exact) mass is 329 g/mol. The van der Waals surface area contributed by atoms with Gasteiger partial charge in [-0.3, -0.25) is 0 Å². The van der Waals surface area contributed by atoms with Crippen LogP contribution in [0.1, 0.15) is 17.4 Å². The number of nitrogens with one attached hydrogen (secondary N) is 1. The van der Waals surface area contributed by atoms with Crippen LogP contribution in [0.15, 0.2) is 22.8 Å². The van der Waals surface area contributed by atoms with E-state index in [4.69, 9.17) is 4.42 Å². The lowest BCUT2D eigenvalue weighted by atomic mass is 10.3. The number of halogens is 3. The number of hydrogen-bond acceptors (Lipinski definition) is 4. The molecule has 0 saturated carbocycles. The first-order valence-electron chi connectivity index (χ1n) is 6.99. The second kappa shape index (κ2) is 5.94. The van der Waals surface area contributed by atoms with Crippen LogP contribution in [0.5, 0.6) is 0 Å². The van der Waals surface area contributed by atoms with Crippen LogP contribution in [0.4, 0.5) is 18.0 Å². The quantitative estimate of drug-likeness (QED) is 0.929. The number of carbonyl (C=O) groups excluding carboxylic acids is 1. The zero-order valence-electron chi connectivity index (χ0n) is 12.0. The van der Waals surface area contributed by atoms with E-state index < -0.39 is 12.0 Å². The zero-order valence-corrected chi connectivity index (χ0v) is 12.0. The standard InChI is InChI=1S/C13H14F3N5O2/c14-13(15,16)11-19-18-10-8-20(5-6-21(10)11)12(22)17-4-3-9-2-1-7-23-9/h1-2,7H,3-6,8H2,(H,17,22). The summed E-state index contributed by atoms with van der Waals surface area (Å²) in [6, 6.07) is 3.21. The fraction of sp³-hybridized carbons (Fsp3) is 0.462. The minimum Gasteiger partial charge on any atom is -0.469 e. The number of alkyl halides is 3. The van der Waals surface area contributed by atoms with Gasteiger partial charge in [-0.1, -0.05) is 0 Å². The highest BCUT2D eigenvalue weighted by Crippen LogP contribution is 2.29. The van der Waals surface area contributed by atoms with Gasteiger partial charge in [-0.25, -0.2) is 4.79 Å². The SMILES string of the molecule is O=C(NCCc1ccco1)N1CCn2c(nnc2C(F)(F)F)C1. The highest BCUT2D eigenvalue weighted by Gasteiger charge is 2.39.